The molecule has 11 aromatic rings. The van der Waals surface area contributed by atoms with Crippen LogP contribution in [0.5, 0.6) is 0 Å². The van der Waals surface area contributed by atoms with E-state index in [1.807, 2.05) is 0 Å². The molecule has 58 heavy (non-hydrogen) atoms. The summed E-state index contributed by atoms with van der Waals surface area (Å²) < 4.78 is 6.81. The number of para-hydroxylation sites is 3. The standard InChI is InChI=1S/C56H37NO/c1-2-13-38(14-3-1)40-25-28-42(29-26-40)48-19-8-10-23-53(48)57(47-33-31-41(32-34-47)46-30-27-39-15-4-5-16-43(39)35-46)54-24-11-9-20-49(54)50-21-12-22-51-52-36-44-17-6-7-18-45(44)37-55(52)58-56(50)51/h1-37H. The van der Waals surface area contributed by atoms with Crippen LogP contribution in [-0.4, -0.2) is 0 Å². The van der Waals surface area contributed by atoms with E-state index in [2.05, 4.69) is 229 Å². The van der Waals surface area contributed by atoms with Crippen LogP contribution in [0, 0.1) is 0 Å². The summed E-state index contributed by atoms with van der Waals surface area (Å²) in [5.74, 6) is 0. The first-order chi connectivity index (χ1) is 28.7. The van der Waals surface area contributed by atoms with Gasteiger partial charge < -0.3 is 9.32 Å². The third kappa shape index (κ3) is 5.91. The van der Waals surface area contributed by atoms with Crippen LogP contribution in [-0.2, 0) is 0 Å². The Balaban J connectivity index is 1.09. The molecule has 2 nitrogen and oxygen atoms in total. The third-order valence-corrected chi connectivity index (χ3v) is 11.5. The number of benzene rings is 10. The maximum absolute atomic E-state index is 6.81. The van der Waals surface area contributed by atoms with Crippen molar-refractivity contribution in [2.45, 2.75) is 0 Å². The summed E-state index contributed by atoms with van der Waals surface area (Å²) in [6, 6.07) is 80.7. The van der Waals surface area contributed by atoms with Gasteiger partial charge in [0.1, 0.15) is 11.2 Å². The highest BCUT2D eigenvalue weighted by molar-refractivity contribution is 6.14. The number of hydrogen-bond acceptors (Lipinski definition) is 2. The maximum atomic E-state index is 6.81. The molecule has 0 N–H and O–H groups in total. The topological polar surface area (TPSA) is 16.4 Å². The van der Waals surface area contributed by atoms with E-state index in [1.54, 1.807) is 0 Å². The fourth-order valence-corrected chi connectivity index (χ4v) is 8.56. The van der Waals surface area contributed by atoms with Crippen molar-refractivity contribution < 1.29 is 4.42 Å². The zero-order chi connectivity index (χ0) is 38.4. The quantitative estimate of drug-likeness (QED) is 0.162. The second kappa shape index (κ2) is 14.1. The SMILES string of the molecule is c1ccc(-c2ccc(-c3ccccc3N(c3ccc(-c4ccc5ccccc5c4)cc3)c3ccccc3-c3cccc4c3oc3cc5ccccc5cc34)cc2)cc1. The van der Waals surface area contributed by atoms with Crippen molar-refractivity contribution in [3.63, 3.8) is 0 Å². The van der Waals surface area contributed by atoms with Gasteiger partial charge in [-0.2, -0.15) is 0 Å². The molecule has 0 aliphatic heterocycles. The second-order valence-corrected chi connectivity index (χ2v) is 14.9. The molecule has 1 aromatic heterocycles. The van der Waals surface area contributed by atoms with E-state index in [0.29, 0.717) is 0 Å². The molecule has 10 aromatic carbocycles. The summed E-state index contributed by atoms with van der Waals surface area (Å²) in [5.41, 5.74) is 14.2. The summed E-state index contributed by atoms with van der Waals surface area (Å²) >= 11 is 0. The molecule has 0 saturated carbocycles. The van der Waals surface area contributed by atoms with E-state index in [0.717, 1.165) is 61.3 Å². The van der Waals surface area contributed by atoms with Gasteiger partial charge in [-0.3, -0.25) is 0 Å². The molecule has 1 heterocycles. The van der Waals surface area contributed by atoms with Crippen LogP contribution in [0.2, 0.25) is 0 Å². The van der Waals surface area contributed by atoms with Crippen LogP contribution < -0.4 is 4.90 Å². The van der Waals surface area contributed by atoms with E-state index >= 15 is 0 Å². The molecule has 0 radical (unpaired) electrons. The Morgan fingerprint density at radius 1 is 0.293 bits per heavy atom. The molecule has 0 fully saturated rings. The van der Waals surface area contributed by atoms with Crippen LogP contribution >= 0.6 is 0 Å². The average molecular weight is 740 g/mol. The largest absolute Gasteiger partial charge is 0.455 e. The second-order valence-electron chi connectivity index (χ2n) is 14.9. The lowest BCUT2D eigenvalue weighted by atomic mass is 9.96. The van der Waals surface area contributed by atoms with Crippen LogP contribution in [0.1, 0.15) is 0 Å². The van der Waals surface area contributed by atoms with Gasteiger partial charge >= 0.3 is 0 Å². The van der Waals surface area contributed by atoms with Gasteiger partial charge in [-0.15, -0.1) is 0 Å². The van der Waals surface area contributed by atoms with Crippen molar-refractivity contribution in [3.8, 4) is 44.5 Å². The van der Waals surface area contributed by atoms with Crippen molar-refractivity contribution in [3.05, 3.63) is 224 Å². The number of fused-ring (bicyclic) bond motifs is 5. The molecule has 0 amide bonds. The Labute approximate surface area is 337 Å². The molecule has 2 heteroatoms. The maximum Gasteiger partial charge on any atom is 0.143 e. The van der Waals surface area contributed by atoms with Gasteiger partial charge in [0, 0.05) is 33.2 Å². The summed E-state index contributed by atoms with van der Waals surface area (Å²) in [4.78, 5) is 2.41. The zero-order valence-electron chi connectivity index (χ0n) is 31.7. The lowest BCUT2D eigenvalue weighted by Crippen LogP contribution is -2.12. The number of furan rings is 1. The Morgan fingerprint density at radius 3 is 1.57 bits per heavy atom. The highest BCUT2D eigenvalue weighted by atomic mass is 16.3. The van der Waals surface area contributed by atoms with Gasteiger partial charge in [-0.1, -0.05) is 182 Å². The van der Waals surface area contributed by atoms with Crippen molar-refractivity contribution in [2.24, 2.45) is 0 Å². The fraction of sp³-hybridized carbons (Fsp3) is 0. The lowest BCUT2D eigenvalue weighted by Gasteiger charge is -2.30. The van der Waals surface area contributed by atoms with E-state index in [9.17, 15) is 0 Å². The molecule has 272 valence electrons. The molecule has 0 bridgehead atoms. The van der Waals surface area contributed by atoms with Gasteiger partial charge in [0.15, 0.2) is 0 Å². The lowest BCUT2D eigenvalue weighted by molar-refractivity contribution is 0.670. The monoisotopic (exact) mass is 739 g/mol. The van der Waals surface area contributed by atoms with Crippen molar-refractivity contribution >= 4 is 60.5 Å². The Bertz CT molecular complexity index is 3270. The first-order valence-electron chi connectivity index (χ1n) is 19.8. The van der Waals surface area contributed by atoms with Gasteiger partial charge in [0.05, 0.1) is 11.4 Å². The summed E-state index contributed by atoms with van der Waals surface area (Å²) in [7, 11) is 0. The van der Waals surface area contributed by atoms with E-state index < -0.39 is 0 Å². The van der Waals surface area contributed by atoms with E-state index in [1.165, 1.54) is 43.8 Å². The van der Waals surface area contributed by atoms with Crippen molar-refractivity contribution in [1.29, 1.82) is 0 Å². The summed E-state index contributed by atoms with van der Waals surface area (Å²) in [6.07, 6.45) is 0. The number of rotatable bonds is 7. The molecular weight excluding hydrogens is 703 g/mol. The fourth-order valence-electron chi connectivity index (χ4n) is 8.56. The number of hydrogen-bond donors (Lipinski definition) is 0. The van der Waals surface area contributed by atoms with Crippen molar-refractivity contribution in [2.75, 3.05) is 4.90 Å². The molecule has 0 aliphatic carbocycles. The third-order valence-electron chi connectivity index (χ3n) is 11.5. The smallest absolute Gasteiger partial charge is 0.143 e. The molecule has 11 rings (SSSR count). The van der Waals surface area contributed by atoms with Gasteiger partial charge in [-0.05, 0) is 91.8 Å². The average Bonchev–Trinajstić information content (AvgIpc) is 3.67. The van der Waals surface area contributed by atoms with Crippen LogP contribution in [0.4, 0.5) is 17.1 Å². The van der Waals surface area contributed by atoms with Crippen LogP contribution in [0.25, 0.3) is 88.0 Å². The summed E-state index contributed by atoms with van der Waals surface area (Å²) in [6.45, 7) is 0. The van der Waals surface area contributed by atoms with Crippen molar-refractivity contribution in [1.82, 2.24) is 0 Å². The van der Waals surface area contributed by atoms with Gasteiger partial charge in [0.2, 0.25) is 0 Å². The first-order valence-corrected chi connectivity index (χ1v) is 19.8. The normalized spacial score (nSPS) is 11.4. The van der Waals surface area contributed by atoms with Crippen LogP contribution in [0.3, 0.4) is 0 Å². The van der Waals surface area contributed by atoms with Crippen LogP contribution in [0.15, 0.2) is 229 Å². The Kier molecular flexibility index (Phi) is 8.19. The molecule has 0 saturated heterocycles. The summed E-state index contributed by atoms with van der Waals surface area (Å²) in [5, 5.41) is 7.08. The molecule has 0 spiro atoms. The minimum absolute atomic E-state index is 0.886. The Morgan fingerprint density at radius 2 is 0.810 bits per heavy atom. The van der Waals surface area contributed by atoms with E-state index in [-0.39, 0.29) is 0 Å². The molecule has 0 aliphatic rings. The predicted molar refractivity (Wildman–Crippen MR) is 245 cm³/mol. The molecule has 0 atom stereocenters. The minimum atomic E-state index is 0.886. The van der Waals surface area contributed by atoms with E-state index in [4.69, 9.17) is 4.42 Å². The highest BCUT2D eigenvalue weighted by Gasteiger charge is 2.23. The molecule has 0 unspecified atom stereocenters. The zero-order valence-corrected chi connectivity index (χ0v) is 31.7. The van der Waals surface area contributed by atoms with Gasteiger partial charge in [-0.25, -0.2) is 0 Å². The first kappa shape index (κ1) is 33.6. The predicted octanol–water partition coefficient (Wildman–Crippen LogP) is 16.0. The molecular formula is C56H37NO. The Hall–Kier alpha value is -7.68. The van der Waals surface area contributed by atoms with Gasteiger partial charge in [0.25, 0.3) is 0 Å². The highest BCUT2D eigenvalue weighted by Crippen LogP contribution is 2.47. The minimum Gasteiger partial charge on any atom is -0.455 e. The number of anilines is 3. The number of nitrogens with zero attached hydrogens (tertiary/aromatic N) is 1.